The van der Waals surface area contributed by atoms with E-state index >= 15 is 0 Å². The molecule has 0 spiro atoms. The number of nitrogens with zero attached hydrogens (tertiary/aromatic N) is 1. The molecule has 2 amide bonds. The van der Waals surface area contributed by atoms with Gasteiger partial charge in [-0.3, -0.25) is 9.59 Å². The van der Waals surface area contributed by atoms with E-state index in [2.05, 4.69) is 29.4 Å². The molecule has 1 aliphatic rings. The van der Waals surface area contributed by atoms with E-state index in [4.69, 9.17) is 4.74 Å². The largest absolute Gasteiger partial charge is 0.494 e. The molecule has 0 unspecified atom stereocenters. The number of unbranched alkanes of at least 4 members (excludes halogenated alkanes) is 1. The quantitative estimate of drug-likeness (QED) is 0.495. The second kappa shape index (κ2) is 11.7. The lowest BCUT2D eigenvalue weighted by Gasteiger charge is -2.33. The third-order valence-electron chi connectivity index (χ3n) is 5.93. The highest BCUT2D eigenvalue weighted by Gasteiger charge is 2.22. The molecule has 2 aromatic carbocycles. The number of carbonyl (C=O) groups is 2. The number of anilines is 2. The fraction of sp³-hybridized carbons (Fsp3) is 0.481. The molecule has 6 nitrogen and oxygen atoms in total. The monoisotopic (exact) mass is 451 g/mol. The fourth-order valence-electron chi connectivity index (χ4n) is 3.90. The lowest BCUT2D eigenvalue weighted by molar-refractivity contribution is 0.0942. The highest BCUT2D eigenvalue weighted by molar-refractivity contribution is 6.06. The molecule has 178 valence electrons. The Labute approximate surface area is 197 Å². The van der Waals surface area contributed by atoms with Crippen LogP contribution < -0.4 is 20.3 Å². The molecule has 6 heteroatoms. The van der Waals surface area contributed by atoms with Crippen molar-refractivity contribution in [1.29, 1.82) is 0 Å². The Balaban J connectivity index is 1.75. The van der Waals surface area contributed by atoms with Crippen molar-refractivity contribution < 1.29 is 14.3 Å². The number of hydrogen-bond acceptors (Lipinski definition) is 4. The number of rotatable bonds is 9. The first-order chi connectivity index (χ1) is 15.9. The number of amides is 2. The van der Waals surface area contributed by atoms with E-state index in [0.29, 0.717) is 29.3 Å². The smallest absolute Gasteiger partial charge is 0.255 e. The topological polar surface area (TPSA) is 70.7 Å². The van der Waals surface area contributed by atoms with Crippen LogP contribution in [0, 0.1) is 5.92 Å². The molecule has 0 atom stereocenters. The van der Waals surface area contributed by atoms with Crippen LogP contribution in [0.25, 0.3) is 0 Å². The molecule has 0 saturated carbocycles. The molecule has 0 aromatic heterocycles. The first-order valence-electron chi connectivity index (χ1n) is 12.1. The summed E-state index contributed by atoms with van der Waals surface area (Å²) >= 11 is 0. The van der Waals surface area contributed by atoms with Gasteiger partial charge in [-0.1, -0.05) is 20.3 Å². The zero-order valence-corrected chi connectivity index (χ0v) is 20.3. The maximum absolute atomic E-state index is 13.0. The molecule has 2 N–H and O–H groups in total. The minimum atomic E-state index is -0.218. The van der Waals surface area contributed by atoms with Gasteiger partial charge in [0.15, 0.2) is 0 Å². The summed E-state index contributed by atoms with van der Waals surface area (Å²) in [6.45, 7) is 10.8. The number of piperidine rings is 1. The summed E-state index contributed by atoms with van der Waals surface area (Å²) < 4.78 is 5.67. The number of hydrogen-bond donors (Lipinski definition) is 2. The lowest BCUT2D eigenvalue weighted by Crippen LogP contribution is -2.36. The van der Waals surface area contributed by atoms with Crippen LogP contribution >= 0.6 is 0 Å². The Bertz CT molecular complexity index is 932. The molecule has 0 bridgehead atoms. The number of ether oxygens (including phenoxy) is 1. The molecule has 0 radical (unpaired) electrons. The molecule has 1 saturated heterocycles. The Kier molecular flexibility index (Phi) is 8.75. The van der Waals surface area contributed by atoms with Crippen molar-refractivity contribution in [2.45, 2.75) is 59.4 Å². The molecule has 0 aliphatic carbocycles. The van der Waals surface area contributed by atoms with Crippen molar-refractivity contribution in [3.05, 3.63) is 53.6 Å². The molecule has 33 heavy (non-hydrogen) atoms. The van der Waals surface area contributed by atoms with Gasteiger partial charge in [-0.25, -0.2) is 0 Å². The average Bonchev–Trinajstić information content (AvgIpc) is 2.80. The van der Waals surface area contributed by atoms with E-state index in [0.717, 1.165) is 50.2 Å². The summed E-state index contributed by atoms with van der Waals surface area (Å²) in [7, 11) is 0. The minimum Gasteiger partial charge on any atom is -0.494 e. The van der Waals surface area contributed by atoms with E-state index in [1.807, 2.05) is 38.1 Å². The summed E-state index contributed by atoms with van der Waals surface area (Å²) in [5, 5.41) is 5.93. The Hall–Kier alpha value is -3.02. The van der Waals surface area contributed by atoms with Crippen LogP contribution in [0.2, 0.25) is 0 Å². The predicted molar refractivity (Wildman–Crippen MR) is 134 cm³/mol. The van der Waals surface area contributed by atoms with Gasteiger partial charge in [0.2, 0.25) is 0 Å². The summed E-state index contributed by atoms with van der Waals surface area (Å²) in [4.78, 5) is 28.1. The second-order valence-electron chi connectivity index (χ2n) is 9.21. The van der Waals surface area contributed by atoms with Crippen LogP contribution in [-0.2, 0) is 0 Å². The molecule has 1 fully saturated rings. The van der Waals surface area contributed by atoms with Crippen LogP contribution in [0.5, 0.6) is 5.75 Å². The van der Waals surface area contributed by atoms with Crippen molar-refractivity contribution in [3.8, 4) is 5.75 Å². The number of carbonyl (C=O) groups excluding carboxylic acids is 2. The van der Waals surface area contributed by atoms with Gasteiger partial charge in [0.05, 0.1) is 12.2 Å². The average molecular weight is 452 g/mol. The van der Waals surface area contributed by atoms with E-state index in [1.54, 1.807) is 18.2 Å². The van der Waals surface area contributed by atoms with Crippen LogP contribution in [0.15, 0.2) is 42.5 Å². The van der Waals surface area contributed by atoms with Crippen LogP contribution in [-0.4, -0.2) is 37.6 Å². The maximum atomic E-state index is 13.0. The molecular weight excluding hydrogens is 414 g/mol. The third kappa shape index (κ3) is 6.98. The van der Waals surface area contributed by atoms with Crippen molar-refractivity contribution in [1.82, 2.24) is 5.32 Å². The molecule has 3 rings (SSSR count). The van der Waals surface area contributed by atoms with E-state index in [-0.39, 0.29) is 17.9 Å². The van der Waals surface area contributed by atoms with Crippen molar-refractivity contribution in [2.24, 2.45) is 5.92 Å². The maximum Gasteiger partial charge on any atom is 0.255 e. The Morgan fingerprint density at radius 2 is 1.76 bits per heavy atom. The second-order valence-corrected chi connectivity index (χ2v) is 9.21. The van der Waals surface area contributed by atoms with Crippen molar-refractivity contribution >= 4 is 23.2 Å². The summed E-state index contributed by atoms with van der Waals surface area (Å²) in [6.07, 6.45) is 4.30. The van der Waals surface area contributed by atoms with Gasteiger partial charge in [-0.05, 0) is 81.5 Å². The highest BCUT2D eigenvalue weighted by atomic mass is 16.5. The number of nitrogens with one attached hydrogen (secondary N) is 2. The zero-order chi connectivity index (χ0) is 23.8. The first-order valence-corrected chi connectivity index (χ1v) is 12.1. The Morgan fingerprint density at radius 3 is 2.39 bits per heavy atom. The van der Waals surface area contributed by atoms with E-state index in [1.165, 1.54) is 0 Å². The van der Waals surface area contributed by atoms with Gasteiger partial charge in [0.25, 0.3) is 11.8 Å². The molecule has 1 aliphatic heterocycles. The molecule has 1 heterocycles. The van der Waals surface area contributed by atoms with Crippen LogP contribution in [0.1, 0.15) is 74.1 Å². The van der Waals surface area contributed by atoms with Gasteiger partial charge in [0.1, 0.15) is 5.75 Å². The van der Waals surface area contributed by atoms with Crippen molar-refractivity contribution in [2.75, 3.05) is 29.9 Å². The van der Waals surface area contributed by atoms with Gasteiger partial charge in [-0.15, -0.1) is 0 Å². The van der Waals surface area contributed by atoms with Crippen LogP contribution in [0.4, 0.5) is 11.4 Å². The number of benzene rings is 2. The molecular formula is C27H37N3O3. The summed E-state index contributed by atoms with van der Waals surface area (Å²) in [5.74, 6) is 1.12. The predicted octanol–water partition coefficient (Wildman–Crippen LogP) is 5.49. The first kappa shape index (κ1) is 24.6. The van der Waals surface area contributed by atoms with Gasteiger partial charge in [0, 0.05) is 36.1 Å². The summed E-state index contributed by atoms with van der Waals surface area (Å²) in [5.41, 5.74) is 2.66. The van der Waals surface area contributed by atoms with E-state index < -0.39 is 0 Å². The minimum absolute atomic E-state index is 0.0306. The van der Waals surface area contributed by atoms with E-state index in [9.17, 15) is 9.59 Å². The summed E-state index contributed by atoms with van der Waals surface area (Å²) in [6, 6.07) is 12.8. The van der Waals surface area contributed by atoms with Crippen molar-refractivity contribution in [3.63, 3.8) is 0 Å². The fourth-order valence-corrected chi connectivity index (χ4v) is 3.90. The van der Waals surface area contributed by atoms with Gasteiger partial charge >= 0.3 is 0 Å². The third-order valence-corrected chi connectivity index (χ3v) is 5.93. The standard InChI is InChI=1S/C27H37N3O3/c1-5-6-17-33-23-10-7-21(8-11-23)26(31)29-22-9-12-25(30-15-13-20(4)14-16-30)24(18-22)27(32)28-19(2)3/h7-12,18-20H,5-6,13-17H2,1-4H3,(H,28,32)(H,29,31). The molecule has 2 aromatic rings. The normalized spacial score (nSPS) is 14.3. The van der Waals surface area contributed by atoms with Gasteiger partial charge < -0.3 is 20.3 Å². The van der Waals surface area contributed by atoms with Crippen LogP contribution in [0.3, 0.4) is 0 Å². The SMILES string of the molecule is CCCCOc1ccc(C(=O)Nc2ccc(N3CCC(C)CC3)c(C(=O)NC(C)C)c2)cc1. The van der Waals surface area contributed by atoms with Gasteiger partial charge in [-0.2, -0.15) is 0 Å². The highest BCUT2D eigenvalue weighted by Crippen LogP contribution is 2.29. The zero-order valence-electron chi connectivity index (χ0n) is 20.3. The lowest BCUT2D eigenvalue weighted by atomic mass is 9.97. The Morgan fingerprint density at radius 1 is 1.06 bits per heavy atom.